The van der Waals surface area contributed by atoms with Gasteiger partial charge >= 0.3 is 0 Å². The third kappa shape index (κ3) is 3.14. The summed E-state index contributed by atoms with van der Waals surface area (Å²) in [5, 5.41) is 0. The smallest absolute Gasteiger partial charge is 0.119 e. The van der Waals surface area contributed by atoms with E-state index < -0.39 is 0 Å². The van der Waals surface area contributed by atoms with Gasteiger partial charge in [-0.05, 0) is 30.5 Å². The summed E-state index contributed by atoms with van der Waals surface area (Å²) in [6.07, 6.45) is 4.42. The van der Waals surface area contributed by atoms with Crippen LogP contribution in [-0.2, 0) is 4.74 Å². The first kappa shape index (κ1) is 10.8. The monoisotopic (exact) mass is 224 g/mol. The molecule has 0 bridgehead atoms. The fourth-order valence-electron chi connectivity index (χ4n) is 1.64. The molecule has 1 aliphatic heterocycles. The molecule has 82 valence electrons. The Balaban J connectivity index is 1.91. The van der Waals surface area contributed by atoms with Gasteiger partial charge in [0.2, 0.25) is 0 Å². The molecule has 1 aromatic carbocycles. The molecule has 2 nitrogen and oxygen atoms in total. The van der Waals surface area contributed by atoms with Crippen molar-refractivity contribution in [1.29, 1.82) is 0 Å². The summed E-state index contributed by atoms with van der Waals surface area (Å²) in [7, 11) is 0. The van der Waals surface area contributed by atoms with Crippen LogP contribution in [0.15, 0.2) is 29.2 Å². The van der Waals surface area contributed by atoms with Gasteiger partial charge in [-0.25, -0.2) is 0 Å². The lowest BCUT2D eigenvalue weighted by Gasteiger charge is -2.23. The van der Waals surface area contributed by atoms with Crippen LogP contribution in [0.25, 0.3) is 0 Å². The number of ether oxygens (including phenoxy) is 2. The Bertz CT molecular complexity index is 291. The Morgan fingerprint density at radius 2 is 1.87 bits per heavy atom. The lowest BCUT2D eigenvalue weighted by Crippen LogP contribution is -2.25. The first-order chi connectivity index (χ1) is 7.38. The number of thioether (sulfide) groups is 1. The predicted molar refractivity (Wildman–Crippen MR) is 62.7 cm³/mol. The number of hydrogen-bond acceptors (Lipinski definition) is 3. The van der Waals surface area contributed by atoms with Gasteiger partial charge in [0, 0.05) is 17.7 Å². The Labute approximate surface area is 95.0 Å². The van der Waals surface area contributed by atoms with Crippen molar-refractivity contribution in [3.63, 3.8) is 0 Å². The van der Waals surface area contributed by atoms with E-state index >= 15 is 0 Å². The maximum absolute atomic E-state index is 5.87. The van der Waals surface area contributed by atoms with Crippen LogP contribution in [0, 0.1) is 0 Å². The largest absolute Gasteiger partial charge is 0.490 e. The van der Waals surface area contributed by atoms with E-state index in [4.69, 9.17) is 9.47 Å². The SMILES string of the molecule is CSc1ccc(OC2CCOCC2)cc1. The second kappa shape index (κ2) is 5.42. The van der Waals surface area contributed by atoms with Gasteiger partial charge in [-0.2, -0.15) is 0 Å². The van der Waals surface area contributed by atoms with Crippen LogP contribution in [0.5, 0.6) is 5.75 Å². The molecule has 1 aliphatic rings. The van der Waals surface area contributed by atoms with Gasteiger partial charge in [0.15, 0.2) is 0 Å². The highest BCUT2D eigenvalue weighted by atomic mass is 32.2. The molecule has 0 unspecified atom stereocenters. The van der Waals surface area contributed by atoms with Gasteiger partial charge in [-0.1, -0.05) is 0 Å². The highest BCUT2D eigenvalue weighted by molar-refractivity contribution is 7.98. The topological polar surface area (TPSA) is 18.5 Å². The quantitative estimate of drug-likeness (QED) is 0.735. The fraction of sp³-hybridized carbons (Fsp3) is 0.500. The maximum atomic E-state index is 5.87. The highest BCUT2D eigenvalue weighted by Gasteiger charge is 2.14. The summed E-state index contributed by atoms with van der Waals surface area (Å²) < 4.78 is 11.2. The van der Waals surface area contributed by atoms with Crippen LogP contribution < -0.4 is 4.74 Å². The van der Waals surface area contributed by atoms with E-state index in [1.165, 1.54) is 4.90 Å². The Morgan fingerprint density at radius 1 is 1.20 bits per heavy atom. The van der Waals surface area contributed by atoms with E-state index in [-0.39, 0.29) is 0 Å². The molecule has 0 radical (unpaired) electrons. The molecule has 2 rings (SSSR count). The van der Waals surface area contributed by atoms with E-state index in [0.717, 1.165) is 31.8 Å². The maximum Gasteiger partial charge on any atom is 0.119 e. The molecule has 0 amide bonds. The molecule has 1 fully saturated rings. The van der Waals surface area contributed by atoms with E-state index in [2.05, 4.69) is 18.4 Å². The van der Waals surface area contributed by atoms with Gasteiger partial charge < -0.3 is 9.47 Å². The second-order valence-corrected chi connectivity index (χ2v) is 4.48. The third-order valence-electron chi connectivity index (χ3n) is 2.53. The molecule has 0 atom stereocenters. The summed E-state index contributed by atoms with van der Waals surface area (Å²) in [4.78, 5) is 1.27. The van der Waals surface area contributed by atoms with Gasteiger partial charge in [0.05, 0.1) is 13.2 Å². The predicted octanol–water partition coefficient (Wildman–Crippen LogP) is 2.97. The molecule has 1 saturated heterocycles. The summed E-state index contributed by atoms with van der Waals surface area (Å²) >= 11 is 1.75. The van der Waals surface area contributed by atoms with Crippen LogP contribution in [0.2, 0.25) is 0 Å². The van der Waals surface area contributed by atoms with Crippen LogP contribution >= 0.6 is 11.8 Å². The normalized spacial score (nSPS) is 17.7. The average molecular weight is 224 g/mol. The molecular weight excluding hydrogens is 208 g/mol. The Hall–Kier alpha value is -0.670. The summed E-state index contributed by atoms with van der Waals surface area (Å²) in [6.45, 7) is 1.65. The molecule has 3 heteroatoms. The van der Waals surface area contributed by atoms with Crippen molar-refractivity contribution in [2.75, 3.05) is 19.5 Å². The Morgan fingerprint density at radius 3 is 2.47 bits per heavy atom. The lowest BCUT2D eigenvalue weighted by atomic mass is 10.1. The second-order valence-electron chi connectivity index (χ2n) is 3.61. The molecule has 0 aromatic heterocycles. The Kier molecular flexibility index (Phi) is 3.92. The van der Waals surface area contributed by atoms with Crippen LogP contribution in [0.4, 0.5) is 0 Å². The van der Waals surface area contributed by atoms with Crippen molar-refractivity contribution in [2.45, 2.75) is 23.8 Å². The minimum absolute atomic E-state index is 0.332. The lowest BCUT2D eigenvalue weighted by molar-refractivity contribution is 0.0255. The van der Waals surface area contributed by atoms with E-state index in [0.29, 0.717) is 6.10 Å². The first-order valence-corrected chi connectivity index (χ1v) is 6.49. The van der Waals surface area contributed by atoms with Crippen molar-refractivity contribution >= 4 is 11.8 Å². The minimum atomic E-state index is 0.332. The van der Waals surface area contributed by atoms with Crippen LogP contribution in [0.1, 0.15) is 12.8 Å². The molecule has 0 aliphatic carbocycles. The molecule has 0 N–H and O–H groups in total. The van der Waals surface area contributed by atoms with E-state index in [9.17, 15) is 0 Å². The van der Waals surface area contributed by atoms with Crippen LogP contribution in [-0.4, -0.2) is 25.6 Å². The van der Waals surface area contributed by atoms with Gasteiger partial charge in [0.1, 0.15) is 11.9 Å². The zero-order valence-electron chi connectivity index (χ0n) is 8.94. The van der Waals surface area contributed by atoms with Crippen molar-refractivity contribution in [3.05, 3.63) is 24.3 Å². The average Bonchev–Trinajstić information content (AvgIpc) is 2.31. The summed E-state index contributed by atoms with van der Waals surface area (Å²) in [5.74, 6) is 0.972. The van der Waals surface area contributed by atoms with Crippen molar-refractivity contribution < 1.29 is 9.47 Å². The van der Waals surface area contributed by atoms with Crippen molar-refractivity contribution in [2.24, 2.45) is 0 Å². The molecule has 0 saturated carbocycles. The third-order valence-corrected chi connectivity index (χ3v) is 3.27. The number of rotatable bonds is 3. The minimum Gasteiger partial charge on any atom is -0.490 e. The van der Waals surface area contributed by atoms with Crippen molar-refractivity contribution in [1.82, 2.24) is 0 Å². The highest BCUT2D eigenvalue weighted by Crippen LogP contribution is 2.21. The number of benzene rings is 1. The summed E-state index contributed by atoms with van der Waals surface area (Å²) in [5.41, 5.74) is 0. The zero-order chi connectivity index (χ0) is 10.5. The zero-order valence-corrected chi connectivity index (χ0v) is 9.76. The molecule has 0 spiro atoms. The standard InChI is InChI=1S/C12H16O2S/c1-15-12-4-2-10(3-5-12)14-11-6-8-13-9-7-11/h2-5,11H,6-9H2,1H3. The van der Waals surface area contributed by atoms with E-state index in [1.807, 2.05) is 12.1 Å². The summed E-state index contributed by atoms with van der Waals surface area (Å²) in [6, 6.07) is 8.28. The van der Waals surface area contributed by atoms with Gasteiger partial charge in [0.25, 0.3) is 0 Å². The molecule has 15 heavy (non-hydrogen) atoms. The van der Waals surface area contributed by atoms with Crippen molar-refractivity contribution in [3.8, 4) is 5.75 Å². The van der Waals surface area contributed by atoms with Crippen LogP contribution in [0.3, 0.4) is 0 Å². The number of hydrogen-bond donors (Lipinski definition) is 0. The molecule has 1 heterocycles. The van der Waals surface area contributed by atoms with Gasteiger partial charge in [-0.3, -0.25) is 0 Å². The first-order valence-electron chi connectivity index (χ1n) is 5.27. The molecule has 1 aromatic rings. The van der Waals surface area contributed by atoms with Gasteiger partial charge in [-0.15, -0.1) is 11.8 Å². The van der Waals surface area contributed by atoms with E-state index in [1.54, 1.807) is 11.8 Å². The fourth-order valence-corrected chi connectivity index (χ4v) is 2.05. The molecular formula is C12H16O2S.